The monoisotopic (exact) mass is 373 g/mol. The van der Waals surface area contributed by atoms with Gasteiger partial charge >= 0.3 is 6.03 Å². The highest BCUT2D eigenvalue weighted by atomic mass is 35.5. The lowest BCUT2D eigenvalue weighted by atomic mass is 10.2. The van der Waals surface area contributed by atoms with Crippen LogP contribution in [0.1, 0.15) is 12.5 Å². The Hall–Kier alpha value is -2.40. The molecule has 0 saturated carbocycles. The van der Waals surface area contributed by atoms with Crippen LogP contribution in [0.2, 0.25) is 5.02 Å². The number of benzene rings is 2. The van der Waals surface area contributed by atoms with Crippen molar-refractivity contribution >= 4 is 29.0 Å². The minimum absolute atomic E-state index is 0.0758. The number of urea groups is 1. The van der Waals surface area contributed by atoms with Crippen molar-refractivity contribution in [3.8, 4) is 5.75 Å². The minimum Gasteiger partial charge on any atom is -0.492 e. The Morgan fingerprint density at radius 2 is 1.88 bits per heavy atom. The van der Waals surface area contributed by atoms with Gasteiger partial charge in [0.05, 0.1) is 12.3 Å². The molecule has 1 saturated heterocycles. The van der Waals surface area contributed by atoms with Crippen LogP contribution in [0.4, 0.5) is 16.2 Å². The summed E-state index contributed by atoms with van der Waals surface area (Å²) in [6, 6.07) is 13.4. The Labute approximate surface area is 159 Å². The molecule has 0 radical (unpaired) electrons. The first-order valence-corrected chi connectivity index (χ1v) is 9.25. The van der Waals surface area contributed by atoms with Crippen molar-refractivity contribution in [1.29, 1.82) is 0 Å². The van der Waals surface area contributed by atoms with Gasteiger partial charge in [0.1, 0.15) is 5.75 Å². The number of aryl methyl sites for hydroxylation is 1. The van der Waals surface area contributed by atoms with E-state index in [0.29, 0.717) is 24.7 Å². The number of nitrogens with zero attached hydrogens (tertiary/aromatic N) is 2. The van der Waals surface area contributed by atoms with Crippen molar-refractivity contribution < 1.29 is 9.53 Å². The van der Waals surface area contributed by atoms with Gasteiger partial charge in [-0.15, -0.1) is 0 Å². The first-order chi connectivity index (χ1) is 12.6. The molecule has 1 aliphatic rings. The molecule has 2 amide bonds. The van der Waals surface area contributed by atoms with Gasteiger partial charge in [-0.2, -0.15) is 0 Å². The van der Waals surface area contributed by atoms with Gasteiger partial charge in [0.2, 0.25) is 0 Å². The van der Waals surface area contributed by atoms with E-state index in [1.807, 2.05) is 49.1 Å². The molecule has 0 aliphatic carbocycles. The number of amides is 2. The Bertz CT molecular complexity index is 773. The Morgan fingerprint density at radius 3 is 2.58 bits per heavy atom. The summed E-state index contributed by atoms with van der Waals surface area (Å²) in [5.41, 5.74) is 2.83. The fourth-order valence-electron chi connectivity index (χ4n) is 3.11. The second kappa shape index (κ2) is 8.32. The molecular weight excluding hydrogens is 350 g/mol. The van der Waals surface area contributed by atoms with Crippen LogP contribution in [0, 0.1) is 6.92 Å². The molecule has 0 bridgehead atoms. The quantitative estimate of drug-likeness (QED) is 0.863. The normalized spacial score (nSPS) is 14.3. The van der Waals surface area contributed by atoms with E-state index in [1.165, 1.54) is 0 Å². The molecule has 5 nitrogen and oxygen atoms in total. The van der Waals surface area contributed by atoms with Gasteiger partial charge in [-0.1, -0.05) is 23.7 Å². The largest absolute Gasteiger partial charge is 0.492 e. The zero-order chi connectivity index (χ0) is 18.5. The van der Waals surface area contributed by atoms with E-state index in [2.05, 4.69) is 16.3 Å². The van der Waals surface area contributed by atoms with Crippen molar-refractivity contribution in [3.05, 3.63) is 53.1 Å². The molecule has 0 atom stereocenters. The second-order valence-electron chi connectivity index (χ2n) is 6.26. The molecule has 138 valence electrons. The topological polar surface area (TPSA) is 44.8 Å². The molecule has 0 unspecified atom stereocenters. The number of piperazine rings is 1. The van der Waals surface area contributed by atoms with Gasteiger partial charge in [-0.05, 0) is 49.7 Å². The first kappa shape index (κ1) is 18.4. The molecule has 1 N–H and O–H groups in total. The van der Waals surface area contributed by atoms with Crippen LogP contribution in [0.5, 0.6) is 5.75 Å². The molecule has 1 heterocycles. The maximum atomic E-state index is 12.6. The van der Waals surface area contributed by atoms with Gasteiger partial charge in [-0.3, -0.25) is 0 Å². The van der Waals surface area contributed by atoms with E-state index in [1.54, 1.807) is 6.07 Å². The number of carbonyl (C=O) groups excluding carboxylic acids is 1. The summed E-state index contributed by atoms with van der Waals surface area (Å²) in [4.78, 5) is 16.7. The molecule has 2 aromatic carbocycles. The molecule has 3 rings (SSSR count). The number of halogens is 1. The van der Waals surface area contributed by atoms with Crippen LogP contribution >= 0.6 is 11.6 Å². The van der Waals surface area contributed by atoms with Crippen molar-refractivity contribution in [1.82, 2.24) is 4.90 Å². The van der Waals surface area contributed by atoms with Crippen LogP contribution in [0.15, 0.2) is 42.5 Å². The molecule has 6 heteroatoms. The fourth-order valence-corrected chi connectivity index (χ4v) is 3.33. The molecule has 1 fully saturated rings. The number of ether oxygens (including phenoxy) is 1. The molecular formula is C20H24ClN3O2. The van der Waals surface area contributed by atoms with E-state index in [0.717, 1.165) is 35.8 Å². The third kappa shape index (κ3) is 4.22. The van der Waals surface area contributed by atoms with E-state index in [4.69, 9.17) is 16.3 Å². The smallest absolute Gasteiger partial charge is 0.321 e. The molecule has 0 aromatic heterocycles. The van der Waals surface area contributed by atoms with E-state index >= 15 is 0 Å². The van der Waals surface area contributed by atoms with Gasteiger partial charge < -0.3 is 19.9 Å². The standard InChI is InChI=1S/C20H24ClN3O2/c1-3-26-19-7-5-4-6-18(19)23-10-12-24(13-11-23)20(25)22-17-9-8-16(21)14-15(17)2/h4-9,14H,3,10-13H2,1-2H3,(H,22,25). The third-order valence-corrected chi connectivity index (χ3v) is 4.74. The highest BCUT2D eigenvalue weighted by molar-refractivity contribution is 6.30. The van der Waals surface area contributed by atoms with Crippen LogP contribution in [-0.2, 0) is 0 Å². The zero-order valence-electron chi connectivity index (χ0n) is 15.2. The van der Waals surface area contributed by atoms with Crippen molar-refractivity contribution in [2.45, 2.75) is 13.8 Å². The number of hydrogen-bond acceptors (Lipinski definition) is 3. The molecule has 0 spiro atoms. The van der Waals surface area contributed by atoms with Crippen molar-refractivity contribution in [3.63, 3.8) is 0 Å². The summed E-state index contributed by atoms with van der Waals surface area (Å²) in [5, 5.41) is 3.65. The maximum Gasteiger partial charge on any atom is 0.321 e. The number of anilines is 2. The first-order valence-electron chi connectivity index (χ1n) is 8.87. The number of nitrogens with one attached hydrogen (secondary N) is 1. The van der Waals surface area contributed by atoms with Gasteiger partial charge in [0.15, 0.2) is 0 Å². The molecule has 2 aromatic rings. The summed E-state index contributed by atoms with van der Waals surface area (Å²) < 4.78 is 5.72. The zero-order valence-corrected chi connectivity index (χ0v) is 15.9. The highest BCUT2D eigenvalue weighted by Crippen LogP contribution is 2.29. The van der Waals surface area contributed by atoms with Crippen LogP contribution < -0.4 is 15.0 Å². The number of carbonyl (C=O) groups is 1. The summed E-state index contributed by atoms with van der Waals surface area (Å²) in [6.07, 6.45) is 0. The molecule has 1 aliphatic heterocycles. The Kier molecular flexibility index (Phi) is 5.89. The predicted molar refractivity (Wildman–Crippen MR) is 107 cm³/mol. The average Bonchev–Trinajstić information content (AvgIpc) is 2.65. The second-order valence-corrected chi connectivity index (χ2v) is 6.70. The van der Waals surface area contributed by atoms with Crippen molar-refractivity contribution in [2.24, 2.45) is 0 Å². The lowest BCUT2D eigenvalue weighted by molar-refractivity contribution is 0.208. The van der Waals surface area contributed by atoms with Gasteiger partial charge in [0.25, 0.3) is 0 Å². The predicted octanol–water partition coefficient (Wildman–Crippen LogP) is 4.40. The third-order valence-electron chi connectivity index (χ3n) is 4.50. The van der Waals surface area contributed by atoms with Crippen LogP contribution in [0.25, 0.3) is 0 Å². The summed E-state index contributed by atoms with van der Waals surface area (Å²) in [6.45, 7) is 7.44. The summed E-state index contributed by atoms with van der Waals surface area (Å²) in [5.74, 6) is 0.893. The fraction of sp³-hybridized carbons (Fsp3) is 0.350. The highest BCUT2D eigenvalue weighted by Gasteiger charge is 2.23. The number of rotatable bonds is 4. The average molecular weight is 374 g/mol. The van der Waals surface area contributed by atoms with Gasteiger partial charge in [-0.25, -0.2) is 4.79 Å². The lowest BCUT2D eigenvalue weighted by Crippen LogP contribution is -2.50. The minimum atomic E-state index is -0.0758. The number of hydrogen-bond donors (Lipinski definition) is 1. The van der Waals surface area contributed by atoms with Crippen molar-refractivity contribution in [2.75, 3.05) is 43.0 Å². The summed E-state index contributed by atoms with van der Waals surface area (Å²) in [7, 11) is 0. The Morgan fingerprint density at radius 1 is 1.15 bits per heavy atom. The maximum absolute atomic E-state index is 12.6. The number of para-hydroxylation sites is 2. The lowest BCUT2D eigenvalue weighted by Gasteiger charge is -2.36. The van der Waals surface area contributed by atoms with E-state index < -0.39 is 0 Å². The molecule has 26 heavy (non-hydrogen) atoms. The van der Waals surface area contributed by atoms with E-state index in [9.17, 15) is 4.79 Å². The Balaban J connectivity index is 1.60. The summed E-state index contributed by atoms with van der Waals surface area (Å²) >= 11 is 5.97. The van der Waals surface area contributed by atoms with Crippen LogP contribution in [-0.4, -0.2) is 43.7 Å². The van der Waals surface area contributed by atoms with Gasteiger partial charge in [0, 0.05) is 36.9 Å². The SMILES string of the molecule is CCOc1ccccc1N1CCN(C(=O)Nc2ccc(Cl)cc2C)CC1. The van der Waals surface area contributed by atoms with Crippen LogP contribution in [0.3, 0.4) is 0 Å². The van der Waals surface area contributed by atoms with E-state index in [-0.39, 0.29) is 6.03 Å².